The minimum Gasteiger partial charge on any atom is -0.502 e. The van der Waals surface area contributed by atoms with Gasteiger partial charge in [0.15, 0.2) is 11.9 Å². The minimum absolute atomic E-state index is 0.0768. The number of nitrogens with one attached hydrogen (secondary N) is 2. The standard InChI is InChI=1S/C14H19N4O11P/c1-26-10-6-9(16-14(17-10)27-2)18(4-15-6)11-8(20)7(19)5(29-11)3-28-13(12(21)22)30(23,24)25/h9,13,15,19-20H,3-4H2,1-2H3,(H,16,17)(H,21,22)(H2,23,24,25)/t9-,13-/m1/s1. The number of aliphatic imine (C=N–C) groups is 1. The Morgan fingerprint density at radius 3 is 2.60 bits per heavy atom. The summed E-state index contributed by atoms with van der Waals surface area (Å²) in [6.07, 6.45) is -0.695. The van der Waals surface area contributed by atoms with E-state index in [1.54, 1.807) is 0 Å². The fraction of sp³-hybridized carbons (Fsp3) is 0.429. The number of ether oxygens (including phenoxy) is 3. The van der Waals surface area contributed by atoms with Gasteiger partial charge in [-0.15, -0.1) is 0 Å². The van der Waals surface area contributed by atoms with Crippen LogP contribution in [0.15, 0.2) is 21.0 Å². The molecule has 1 saturated heterocycles. The van der Waals surface area contributed by atoms with E-state index < -0.39 is 49.4 Å². The number of rotatable bonds is 7. The summed E-state index contributed by atoms with van der Waals surface area (Å²) in [6, 6.07) is 0.110. The highest BCUT2D eigenvalue weighted by atomic mass is 31.2. The zero-order valence-corrected chi connectivity index (χ0v) is 16.5. The van der Waals surface area contributed by atoms with Crippen LogP contribution in [0.3, 0.4) is 0 Å². The molecule has 0 bridgehead atoms. The van der Waals surface area contributed by atoms with Gasteiger partial charge in [0.1, 0.15) is 12.3 Å². The van der Waals surface area contributed by atoms with Crippen LogP contribution in [-0.2, 0) is 30.2 Å². The maximum Gasteiger partial charge on any atom is 0.365 e. The van der Waals surface area contributed by atoms with Crippen molar-refractivity contribution in [3.8, 4) is 11.5 Å². The lowest BCUT2D eigenvalue weighted by Gasteiger charge is -2.27. The van der Waals surface area contributed by atoms with Crippen LogP contribution in [0.2, 0.25) is 0 Å². The van der Waals surface area contributed by atoms with Gasteiger partial charge in [0, 0.05) is 0 Å². The van der Waals surface area contributed by atoms with E-state index in [1.165, 1.54) is 19.1 Å². The predicted octanol–water partition coefficient (Wildman–Crippen LogP) is -1.09. The lowest BCUT2D eigenvalue weighted by atomic mass is 10.3. The van der Waals surface area contributed by atoms with E-state index in [4.69, 9.17) is 33.5 Å². The molecule has 1 aromatic rings. The zero-order valence-electron chi connectivity index (χ0n) is 15.6. The normalized spacial score (nSPS) is 19.5. The highest BCUT2D eigenvalue weighted by molar-refractivity contribution is 7.53. The average Bonchev–Trinajstić information content (AvgIpc) is 3.22. The number of carboxylic acids is 1. The van der Waals surface area contributed by atoms with Crippen LogP contribution in [-0.4, -0.2) is 70.0 Å². The SMILES string of the molecule is COC1=NC(OC)=C2NCN(c3oc(CO[C@@H](C(=O)O)P(=O)(O)O)c(O)c3O)[C@H]2N1. The van der Waals surface area contributed by atoms with E-state index in [-0.39, 0.29) is 24.5 Å². The number of furan rings is 1. The van der Waals surface area contributed by atoms with Crippen molar-refractivity contribution in [3.05, 3.63) is 17.3 Å². The molecule has 2 aliphatic heterocycles. The second kappa shape index (κ2) is 7.95. The molecular weight excluding hydrogens is 431 g/mol. The van der Waals surface area contributed by atoms with Gasteiger partial charge in [-0.05, 0) is 0 Å². The Balaban J connectivity index is 1.86. The summed E-state index contributed by atoms with van der Waals surface area (Å²) in [5.74, 6) is -6.31. The number of hydrogen-bond donors (Lipinski definition) is 7. The third kappa shape index (κ3) is 3.82. The van der Waals surface area contributed by atoms with Crippen molar-refractivity contribution in [2.75, 3.05) is 25.8 Å². The summed E-state index contributed by atoms with van der Waals surface area (Å²) < 4.78 is 31.6. The molecule has 3 rings (SSSR count). The highest BCUT2D eigenvalue weighted by Crippen LogP contribution is 2.46. The number of fused-ring (bicyclic) bond motifs is 1. The van der Waals surface area contributed by atoms with Crippen molar-refractivity contribution in [1.82, 2.24) is 10.6 Å². The zero-order chi connectivity index (χ0) is 22.2. The smallest absolute Gasteiger partial charge is 0.365 e. The van der Waals surface area contributed by atoms with Gasteiger partial charge in [-0.25, -0.2) is 4.79 Å². The van der Waals surface area contributed by atoms with Crippen molar-refractivity contribution in [2.45, 2.75) is 18.6 Å². The number of carboxylic acid groups (broad SMARTS) is 1. The number of amidine groups is 1. The first-order valence-electron chi connectivity index (χ1n) is 8.19. The second-order valence-corrected chi connectivity index (χ2v) is 7.66. The van der Waals surface area contributed by atoms with Gasteiger partial charge in [-0.1, -0.05) is 0 Å². The van der Waals surface area contributed by atoms with Gasteiger partial charge in [0.2, 0.25) is 23.3 Å². The van der Waals surface area contributed by atoms with Crippen LogP contribution in [0.1, 0.15) is 5.76 Å². The number of methoxy groups -OCH3 is 2. The summed E-state index contributed by atoms with van der Waals surface area (Å²) in [6.45, 7) is -0.759. The topological polar surface area (TPSA) is 216 Å². The first kappa shape index (κ1) is 21.6. The summed E-state index contributed by atoms with van der Waals surface area (Å²) >= 11 is 0. The first-order valence-corrected chi connectivity index (χ1v) is 9.87. The quantitative estimate of drug-likeness (QED) is 0.246. The van der Waals surface area contributed by atoms with Crippen LogP contribution in [0.25, 0.3) is 0 Å². The van der Waals surface area contributed by atoms with Crippen molar-refractivity contribution in [3.63, 3.8) is 0 Å². The van der Waals surface area contributed by atoms with E-state index >= 15 is 0 Å². The van der Waals surface area contributed by atoms with Gasteiger partial charge in [0.05, 0.1) is 20.9 Å². The fourth-order valence-electron chi connectivity index (χ4n) is 2.81. The van der Waals surface area contributed by atoms with Gasteiger partial charge >= 0.3 is 13.6 Å². The summed E-state index contributed by atoms with van der Waals surface area (Å²) in [4.78, 5) is 34.6. The molecule has 16 heteroatoms. The molecule has 2 atom stereocenters. The Bertz CT molecular complexity index is 952. The molecule has 1 aromatic heterocycles. The molecule has 0 aliphatic carbocycles. The number of aliphatic carboxylic acids is 1. The largest absolute Gasteiger partial charge is 0.502 e. The average molecular weight is 450 g/mol. The molecule has 0 saturated carbocycles. The van der Waals surface area contributed by atoms with Crippen molar-refractivity contribution in [2.24, 2.45) is 4.99 Å². The molecule has 7 N–H and O–H groups in total. The molecule has 1 fully saturated rings. The van der Waals surface area contributed by atoms with Crippen molar-refractivity contribution >= 4 is 25.5 Å². The fourth-order valence-corrected chi connectivity index (χ4v) is 3.37. The third-order valence-electron chi connectivity index (χ3n) is 4.17. The molecule has 0 unspecified atom stereocenters. The summed E-state index contributed by atoms with van der Waals surface area (Å²) in [5.41, 5.74) is 0.485. The maximum atomic E-state index is 11.2. The van der Waals surface area contributed by atoms with E-state index in [0.29, 0.717) is 5.70 Å². The van der Waals surface area contributed by atoms with Gasteiger partial charge in [0.25, 0.3) is 11.9 Å². The Labute approximate surface area is 168 Å². The first-order chi connectivity index (χ1) is 14.1. The molecule has 30 heavy (non-hydrogen) atoms. The number of anilines is 1. The highest BCUT2D eigenvalue weighted by Gasteiger charge is 2.41. The second-order valence-electron chi connectivity index (χ2n) is 6.01. The van der Waals surface area contributed by atoms with Crippen LogP contribution in [0, 0.1) is 0 Å². The van der Waals surface area contributed by atoms with Gasteiger partial charge in [-0.3, -0.25) is 9.46 Å². The molecular formula is C14H19N4O11P. The van der Waals surface area contributed by atoms with Crippen LogP contribution >= 0.6 is 7.60 Å². The van der Waals surface area contributed by atoms with E-state index in [2.05, 4.69) is 15.6 Å². The van der Waals surface area contributed by atoms with Crippen molar-refractivity contribution < 1.29 is 53.1 Å². The number of carbonyl (C=O) groups is 1. The molecule has 15 nitrogen and oxygen atoms in total. The molecule has 0 amide bonds. The van der Waals surface area contributed by atoms with E-state index in [9.17, 15) is 19.6 Å². The van der Waals surface area contributed by atoms with Crippen LogP contribution in [0.5, 0.6) is 11.5 Å². The lowest BCUT2D eigenvalue weighted by molar-refractivity contribution is -0.146. The summed E-state index contributed by atoms with van der Waals surface area (Å²) in [5, 5.41) is 35.2. The monoisotopic (exact) mass is 450 g/mol. The number of aromatic hydroxyl groups is 2. The number of hydrogen-bond acceptors (Lipinski definition) is 12. The molecule has 166 valence electrons. The Morgan fingerprint density at radius 1 is 1.33 bits per heavy atom. The minimum atomic E-state index is -5.14. The Hall–Kier alpha value is -3.13. The van der Waals surface area contributed by atoms with Gasteiger partial charge < -0.3 is 54.4 Å². The summed E-state index contributed by atoms with van der Waals surface area (Å²) in [7, 11) is -2.36. The molecule has 0 radical (unpaired) electrons. The Kier molecular flexibility index (Phi) is 5.72. The Morgan fingerprint density at radius 2 is 2.03 bits per heavy atom. The van der Waals surface area contributed by atoms with Gasteiger partial charge in [-0.2, -0.15) is 4.99 Å². The van der Waals surface area contributed by atoms with Crippen molar-refractivity contribution in [1.29, 1.82) is 0 Å². The third-order valence-corrected chi connectivity index (χ3v) is 5.15. The molecule has 3 heterocycles. The lowest BCUT2D eigenvalue weighted by Crippen LogP contribution is -2.48. The number of nitrogens with zero attached hydrogens (tertiary/aromatic N) is 2. The van der Waals surface area contributed by atoms with Crippen LogP contribution in [0.4, 0.5) is 5.88 Å². The molecule has 2 aliphatic rings. The van der Waals surface area contributed by atoms with E-state index in [1.807, 2.05) is 0 Å². The van der Waals surface area contributed by atoms with Crippen LogP contribution < -0.4 is 15.5 Å². The molecule has 0 spiro atoms. The maximum absolute atomic E-state index is 11.2. The predicted molar refractivity (Wildman–Crippen MR) is 96.2 cm³/mol. The van der Waals surface area contributed by atoms with E-state index in [0.717, 1.165) is 0 Å². The molecule has 0 aromatic carbocycles.